The van der Waals surface area contributed by atoms with Crippen molar-refractivity contribution in [1.29, 1.82) is 0 Å². The number of anilines is 2. The minimum atomic E-state index is 0.459. The maximum atomic E-state index is 3.60. The Morgan fingerprint density at radius 2 is 1.52 bits per heavy atom. The van der Waals surface area contributed by atoms with Crippen LogP contribution >= 0.6 is 0 Å². The Morgan fingerprint density at radius 1 is 0.905 bits per heavy atom. The molecule has 21 heavy (non-hydrogen) atoms. The first-order valence-corrected chi connectivity index (χ1v) is 7.88. The normalized spacial score (nSPS) is 12.1. The molecule has 2 nitrogen and oxygen atoms in total. The Bertz CT molecular complexity index is 519. The van der Waals surface area contributed by atoms with E-state index in [1.54, 1.807) is 0 Å². The summed E-state index contributed by atoms with van der Waals surface area (Å²) in [6, 6.07) is 19.8. The van der Waals surface area contributed by atoms with Gasteiger partial charge in [0.2, 0.25) is 0 Å². The fraction of sp³-hybridized carbons (Fsp3) is 0.368. The summed E-state index contributed by atoms with van der Waals surface area (Å²) >= 11 is 0. The highest BCUT2D eigenvalue weighted by molar-refractivity contribution is 5.62. The fourth-order valence-corrected chi connectivity index (χ4v) is 2.55. The van der Waals surface area contributed by atoms with Gasteiger partial charge in [-0.05, 0) is 49.2 Å². The lowest BCUT2D eigenvalue weighted by atomic mass is 10.0. The topological polar surface area (TPSA) is 15.3 Å². The Balaban J connectivity index is 2.11. The molecule has 0 aliphatic rings. The lowest BCUT2D eigenvalue weighted by molar-refractivity contribution is 0.518. The summed E-state index contributed by atoms with van der Waals surface area (Å²) in [6.07, 6.45) is 2.29. The third kappa shape index (κ3) is 4.08. The number of benzene rings is 2. The third-order valence-corrected chi connectivity index (χ3v) is 3.88. The Morgan fingerprint density at radius 3 is 2.10 bits per heavy atom. The summed E-state index contributed by atoms with van der Waals surface area (Å²) in [5.41, 5.74) is 3.80. The number of para-hydroxylation sites is 1. The van der Waals surface area contributed by atoms with Crippen LogP contribution in [0.3, 0.4) is 0 Å². The van der Waals surface area contributed by atoms with Gasteiger partial charge in [-0.15, -0.1) is 0 Å². The van der Waals surface area contributed by atoms with Crippen molar-refractivity contribution in [3.8, 4) is 0 Å². The predicted molar refractivity (Wildman–Crippen MR) is 92.3 cm³/mol. The van der Waals surface area contributed by atoms with Crippen LogP contribution in [0.4, 0.5) is 11.4 Å². The molecule has 1 atom stereocenters. The molecule has 2 aromatic rings. The second-order valence-electron chi connectivity index (χ2n) is 5.40. The maximum Gasteiger partial charge on any atom is 0.0408 e. The molecule has 0 aliphatic carbocycles. The molecule has 0 spiro atoms. The second kappa shape index (κ2) is 7.84. The molecule has 0 bridgehead atoms. The van der Waals surface area contributed by atoms with Gasteiger partial charge in [0.15, 0.2) is 0 Å². The van der Waals surface area contributed by atoms with Gasteiger partial charge in [-0.25, -0.2) is 0 Å². The van der Waals surface area contributed by atoms with E-state index in [1.807, 2.05) is 6.07 Å². The van der Waals surface area contributed by atoms with Crippen LogP contribution in [0.15, 0.2) is 54.6 Å². The Labute approximate surface area is 128 Å². The van der Waals surface area contributed by atoms with Crippen LogP contribution in [0.25, 0.3) is 0 Å². The highest BCUT2D eigenvalue weighted by Crippen LogP contribution is 2.25. The summed E-state index contributed by atoms with van der Waals surface area (Å²) in [7, 11) is 2.11. The van der Waals surface area contributed by atoms with Gasteiger partial charge in [-0.2, -0.15) is 0 Å². The summed E-state index contributed by atoms with van der Waals surface area (Å²) in [5, 5.41) is 3.60. The van der Waals surface area contributed by atoms with Crippen LogP contribution in [-0.4, -0.2) is 13.6 Å². The van der Waals surface area contributed by atoms with Crippen molar-refractivity contribution in [2.24, 2.45) is 0 Å². The molecule has 0 amide bonds. The van der Waals surface area contributed by atoms with Crippen LogP contribution in [0.1, 0.15) is 38.3 Å². The molecular formula is C19H26N2. The molecule has 1 unspecified atom stereocenters. The van der Waals surface area contributed by atoms with Gasteiger partial charge in [-0.1, -0.05) is 44.2 Å². The molecule has 0 radical (unpaired) electrons. The molecule has 1 N–H and O–H groups in total. The Kier molecular flexibility index (Phi) is 5.82. The van der Waals surface area contributed by atoms with Gasteiger partial charge in [0, 0.05) is 24.5 Å². The minimum absolute atomic E-state index is 0.459. The zero-order valence-corrected chi connectivity index (χ0v) is 13.3. The van der Waals surface area contributed by atoms with Crippen LogP contribution in [0.5, 0.6) is 0 Å². The average molecular weight is 282 g/mol. The van der Waals surface area contributed by atoms with Gasteiger partial charge < -0.3 is 10.2 Å². The van der Waals surface area contributed by atoms with Crippen molar-refractivity contribution in [2.45, 2.75) is 32.7 Å². The number of rotatable bonds is 7. The van der Waals surface area contributed by atoms with Crippen molar-refractivity contribution in [3.05, 3.63) is 60.2 Å². The van der Waals surface area contributed by atoms with E-state index in [2.05, 4.69) is 79.6 Å². The molecule has 2 heteroatoms. The number of nitrogens with one attached hydrogen (secondary N) is 1. The summed E-state index contributed by atoms with van der Waals surface area (Å²) in [4.78, 5) is 2.21. The largest absolute Gasteiger partial charge is 0.345 e. The third-order valence-electron chi connectivity index (χ3n) is 3.88. The van der Waals surface area contributed by atoms with E-state index in [0.29, 0.717) is 6.04 Å². The van der Waals surface area contributed by atoms with Crippen LogP contribution < -0.4 is 10.2 Å². The van der Waals surface area contributed by atoms with E-state index in [-0.39, 0.29) is 0 Å². The molecule has 112 valence electrons. The van der Waals surface area contributed by atoms with Gasteiger partial charge in [-0.3, -0.25) is 0 Å². The summed E-state index contributed by atoms with van der Waals surface area (Å²) in [6.45, 7) is 5.51. The summed E-state index contributed by atoms with van der Waals surface area (Å²) < 4.78 is 0. The van der Waals surface area contributed by atoms with E-state index < -0.39 is 0 Å². The Hall–Kier alpha value is -1.80. The zero-order valence-electron chi connectivity index (χ0n) is 13.3. The molecule has 0 saturated heterocycles. The van der Waals surface area contributed by atoms with E-state index in [1.165, 1.54) is 23.4 Å². The average Bonchev–Trinajstić information content (AvgIpc) is 2.56. The first-order valence-electron chi connectivity index (χ1n) is 7.88. The molecule has 0 fully saturated rings. The van der Waals surface area contributed by atoms with Gasteiger partial charge in [0.25, 0.3) is 0 Å². The SMILES string of the molecule is CCCNC(CC)c1ccc(N(C)c2ccccc2)cc1. The predicted octanol–water partition coefficient (Wildman–Crippen LogP) is 4.91. The zero-order chi connectivity index (χ0) is 15.1. The summed E-state index contributed by atoms with van der Waals surface area (Å²) in [5.74, 6) is 0. The number of nitrogens with zero attached hydrogens (tertiary/aromatic N) is 1. The van der Waals surface area contributed by atoms with Crippen molar-refractivity contribution < 1.29 is 0 Å². The number of hydrogen-bond acceptors (Lipinski definition) is 2. The standard InChI is InChI=1S/C19H26N2/c1-4-15-20-19(5-2)16-11-13-18(14-12-16)21(3)17-9-7-6-8-10-17/h6-14,19-20H,4-5,15H2,1-3H3. The highest BCUT2D eigenvalue weighted by Gasteiger charge is 2.09. The van der Waals surface area contributed by atoms with E-state index in [4.69, 9.17) is 0 Å². The van der Waals surface area contributed by atoms with E-state index in [9.17, 15) is 0 Å². The fourth-order valence-electron chi connectivity index (χ4n) is 2.55. The maximum absolute atomic E-state index is 3.60. The molecule has 2 aromatic carbocycles. The number of hydrogen-bond donors (Lipinski definition) is 1. The van der Waals surface area contributed by atoms with Crippen molar-refractivity contribution >= 4 is 11.4 Å². The second-order valence-corrected chi connectivity index (χ2v) is 5.40. The van der Waals surface area contributed by atoms with E-state index in [0.717, 1.165) is 13.0 Å². The van der Waals surface area contributed by atoms with Crippen LogP contribution in [-0.2, 0) is 0 Å². The molecule has 0 saturated carbocycles. The quantitative estimate of drug-likeness (QED) is 0.776. The molecule has 0 aromatic heterocycles. The van der Waals surface area contributed by atoms with Crippen LogP contribution in [0.2, 0.25) is 0 Å². The van der Waals surface area contributed by atoms with Crippen molar-refractivity contribution in [1.82, 2.24) is 5.32 Å². The van der Waals surface area contributed by atoms with Gasteiger partial charge in [0.1, 0.15) is 0 Å². The van der Waals surface area contributed by atoms with Gasteiger partial charge >= 0.3 is 0 Å². The smallest absolute Gasteiger partial charge is 0.0408 e. The molecule has 0 heterocycles. The van der Waals surface area contributed by atoms with Crippen LogP contribution in [0, 0.1) is 0 Å². The first kappa shape index (κ1) is 15.6. The first-order chi connectivity index (χ1) is 10.3. The minimum Gasteiger partial charge on any atom is -0.345 e. The van der Waals surface area contributed by atoms with Crippen molar-refractivity contribution in [2.75, 3.05) is 18.5 Å². The molecule has 2 rings (SSSR count). The van der Waals surface area contributed by atoms with Crippen molar-refractivity contribution in [3.63, 3.8) is 0 Å². The lowest BCUT2D eigenvalue weighted by Crippen LogP contribution is -2.21. The molecule has 0 aliphatic heterocycles. The van der Waals surface area contributed by atoms with E-state index >= 15 is 0 Å². The monoisotopic (exact) mass is 282 g/mol. The van der Waals surface area contributed by atoms with Gasteiger partial charge in [0.05, 0.1) is 0 Å². The molecular weight excluding hydrogens is 256 g/mol. The lowest BCUT2D eigenvalue weighted by Gasteiger charge is -2.21. The highest BCUT2D eigenvalue weighted by atomic mass is 15.1.